The molecule has 0 aliphatic carbocycles. The molecule has 0 bridgehead atoms. The van der Waals surface area contributed by atoms with Gasteiger partial charge >= 0.3 is 5.97 Å². The molecule has 5 nitrogen and oxygen atoms in total. The fourth-order valence-electron chi connectivity index (χ4n) is 2.94. The van der Waals surface area contributed by atoms with Crippen LogP contribution in [0.3, 0.4) is 0 Å². The summed E-state index contributed by atoms with van der Waals surface area (Å²) in [5.41, 5.74) is 0.952. The zero-order chi connectivity index (χ0) is 15.5. The predicted molar refractivity (Wildman–Crippen MR) is 81.6 cm³/mol. The zero-order valence-corrected chi connectivity index (χ0v) is 12.5. The Balaban J connectivity index is 2.25. The largest absolute Gasteiger partial charge is 0.478 e. The summed E-state index contributed by atoms with van der Waals surface area (Å²) in [6.45, 7) is 5.37. The summed E-state index contributed by atoms with van der Waals surface area (Å²) in [5, 5.41) is 15.3. The molecule has 0 spiro atoms. The summed E-state index contributed by atoms with van der Waals surface area (Å²) >= 11 is 0. The van der Waals surface area contributed by atoms with Crippen LogP contribution < -0.4 is 10.6 Å². The Labute approximate surface area is 124 Å². The van der Waals surface area contributed by atoms with E-state index >= 15 is 0 Å². The molecule has 1 aliphatic rings. The van der Waals surface area contributed by atoms with E-state index in [0.717, 1.165) is 31.4 Å². The average molecular weight is 290 g/mol. The zero-order valence-electron chi connectivity index (χ0n) is 12.5. The Morgan fingerprint density at radius 3 is 2.76 bits per heavy atom. The highest BCUT2D eigenvalue weighted by Crippen LogP contribution is 2.33. The van der Waals surface area contributed by atoms with Crippen LogP contribution in [0.2, 0.25) is 0 Å². The van der Waals surface area contributed by atoms with Crippen molar-refractivity contribution in [1.29, 1.82) is 0 Å². The number of carboxylic acids is 1. The third kappa shape index (κ3) is 3.24. The number of benzene rings is 1. The Bertz CT molecular complexity index is 548. The minimum absolute atomic E-state index is 0.0827. The van der Waals surface area contributed by atoms with Gasteiger partial charge in [-0.3, -0.25) is 4.79 Å². The van der Waals surface area contributed by atoms with Crippen LogP contribution in [0.5, 0.6) is 0 Å². The molecule has 1 amide bonds. The molecule has 1 aromatic carbocycles. The Morgan fingerprint density at radius 1 is 1.43 bits per heavy atom. The molecule has 21 heavy (non-hydrogen) atoms. The fourth-order valence-corrected chi connectivity index (χ4v) is 2.94. The van der Waals surface area contributed by atoms with E-state index in [1.807, 2.05) is 6.92 Å². The number of aryl methyl sites for hydroxylation is 1. The molecule has 114 valence electrons. The molecule has 0 aromatic heterocycles. The maximum Gasteiger partial charge on any atom is 0.337 e. The first-order valence-electron chi connectivity index (χ1n) is 7.34. The lowest BCUT2D eigenvalue weighted by Gasteiger charge is -2.26. The topological polar surface area (TPSA) is 78.4 Å². The summed E-state index contributed by atoms with van der Waals surface area (Å²) in [6.07, 6.45) is 2.52. The van der Waals surface area contributed by atoms with Crippen LogP contribution in [-0.4, -0.2) is 30.1 Å². The molecule has 1 heterocycles. The van der Waals surface area contributed by atoms with E-state index in [9.17, 15) is 14.7 Å². The monoisotopic (exact) mass is 290 g/mol. The van der Waals surface area contributed by atoms with Gasteiger partial charge in [-0.15, -0.1) is 0 Å². The summed E-state index contributed by atoms with van der Waals surface area (Å²) in [4.78, 5) is 24.0. The second kappa shape index (κ2) is 6.26. The standard InChI is InChI=1S/C16H22N2O3/c1-3-6-16(7-8-17-10-16)15(21)18-13-5-4-11(2)9-12(13)14(19)20/h4-5,9,17H,3,6-8,10H2,1-2H3,(H,18,21)(H,19,20). The second-order valence-corrected chi connectivity index (χ2v) is 5.77. The smallest absolute Gasteiger partial charge is 0.337 e. The van der Waals surface area contributed by atoms with E-state index in [4.69, 9.17) is 0 Å². The number of amides is 1. The first-order valence-corrected chi connectivity index (χ1v) is 7.34. The van der Waals surface area contributed by atoms with Gasteiger partial charge in [-0.05, 0) is 38.4 Å². The van der Waals surface area contributed by atoms with Gasteiger partial charge in [-0.1, -0.05) is 25.0 Å². The third-order valence-corrected chi connectivity index (χ3v) is 4.11. The summed E-state index contributed by atoms with van der Waals surface area (Å²) < 4.78 is 0. The quantitative estimate of drug-likeness (QED) is 0.778. The summed E-state index contributed by atoms with van der Waals surface area (Å²) in [5.74, 6) is -1.11. The van der Waals surface area contributed by atoms with Crippen LogP contribution in [-0.2, 0) is 4.79 Å². The number of carbonyl (C=O) groups is 2. The Morgan fingerprint density at radius 2 is 2.19 bits per heavy atom. The molecular weight excluding hydrogens is 268 g/mol. The molecule has 1 saturated heterocycles. The van der Waals surface area contributed by atoms with Crippen molar-refractivity contribution in [1.82, 2.24) is 5.32 Å². The van der Waals surface area contributed by atoms with Gasteiger partial charge in [-0.25, -0.2) is 4.79 Å². The van der Waals surface area contributed by atoms with Gasteiger partial charge in [0.25, 0.3) is 0 Å². The summed E-state index contributed by atoms with van der Waals surface area (Å²) in [7, 11) is 0. The maximum atomic E-state index is 12.6. The van der Waals surface area contributed by atoms with Gasteiger partial charge in [0.15, 0.2) is 0 Å². The van der Waals surface area contributed by atoms with Crippen molar-refractivity contribution in [2.24, 2.45) is 5.41 Å². The van der Waals surface area contributed by atoms with Crippen LogP contribution in [0.1, 0.15) is 42.1 Å². The van der Waals surface area contributed by atoms with Gasteiger partial charge < -0.3 is 15.7 Å². The highest BCUT2D eigenvalue weighted by Gasteiger charge is 2.40. The number of carboxylic acid groups (broad SMARTS) is 1. The molecule has 3 N–H and O–H groups in total. The average Bonchev–Trinajstić information content (AvgIpc) is 2.91. The van der Waals surface area contributed by atoms with E-state index in [-0.39, 0.29) is 11.5 Å². The number of hydrogen-bond acceptors (Lipinski definition) is 3. The summed E-state index contributed by atoms with van der Waals surface area (Å²) in [6, 6.07) is 5.05. The predicted octanol–water partition coefficient (Wildman–Crippen LogP) is 2.41. The molecule has 1 aromatic rings. The molecule has 0 saturated carbocycles. The van der Waals surface area contributed by atoms with E-state index in [1.54, 1.807) is 18.2 Å². The van der Waals surface area contributed by atoms with Crippen molar-refractivity contribution < 1.29 is 14.7 Å². The SMILES string of the molecule is CCCC1(C(=O)Nc2ccc(C)cc2C(=O)O)CCNC1. The van der Waals surface area contributed by atoms with E-state index in [1.165, 1.54) is 0 Å². The number of carbonyl (C=O) groups excluding carboxylic acids is 1. The first kappa shape index (κ1) is 15.5. The van der Waals surface area contributed by atoms with Crippen molar-refractivity contribution in [3.05, 3.63) is 29.3 Å². The van der Waals surface area contributed by atoms with E-state index in [2.05, 4.69) is 17.6 Å². The number of rotatable bonds is 5. The highest BCUT2D eigenvalue weighted by molar-refractivity contribution is 6.02. The molecule has 1 atom stereocenters. The van der Waals surface area contributed by atoms with E-state index in [0.29, 0.717) is 12.2 Å². The molecule has 5 heteroatoms. The lowest BCUT2D eigenvalue weighted by atomic mass is 9.81. The van der Waals surface area contributed by atoms with Crippen LogP contribution in [0.25, 0.3) is 0 Å². The van der Waals surface area contributed by atoms with Gasteiger partial charge in [-0.2, -0.15) is 0 Å². The van der Waals surface area contributed by atoms with Crippen molar-refractivity contribution >= 4 is 17.6 Å². The normalized spacial score (nSPS) is 21.2. The fraction of sp³-hybridized carbons (Fsp3) is 0.500. The number of anilines is 1. The minimum atomic E-state index is -1.02. The lowest BCUT2D eigenvalue weighted by molar-refractivity contribution is -0.125. The van der Waals surface area contributed by atoms with E-state index < -0.39 is 11.4 Å². The minimum Gasteiger partial charge on any atom is -0.478 e. The molecule has 1 aliphatic heterocycles. The van der Waals surface area contributed by atoms with Crippen LogP contribution in [0, 0.1) is 12.3 Å². The lowest BCUT2D eigenvalue weighted by Crippen LogP contribution is -2.38. The molecule has 0 radical (unpaired) electrons. The third-order valence-electron chi connectivity index (χ3n) is 4.11. The highest BCUT2D eigenvalue weighted by atomic mass is 16.4. The molecule has 1 fully saturated rings. The number of hydrogen-bond donors (Lipinski definition) is 3. The number of aromatic carboxylic acids is 1. The van der Waals surface area contributed by atoms with Gasteiger partial charge in [0, 0.05) is 6.54 Å². The van der Waals surface area contributed by atoms with Crippen LogP contribution >= 0.6 is 0 Å². The number of nitrogens with one attached hydrogen (secondary N) is 2. The van der Waals surface area contributed by atoms with Crippen molar-refractivity contribution in [3.8, 4) is 0 Å². The first-order chi connectivity index (χ1) is 9.98. The maximum absolute atomic E-state index is 12.6. The van der Waals surface area contributed by atoms with Crippen molar-refractivity contribution in [2.45, 2.75) is 33.1 Å². The Kier molecular flexibility index (Phi) is 4.63. The van der Waals surface area contributed by atoms with Gasteiger partial charge in [0.1, 0.15) is 0 Å². The van der Waals surface area contributed by atoms with Gasteiger partial charge in [0.05, 0.1) is 16.7 Å². The van der Waals surface area contributed by atoms with Crippen LogP contribution in [0.4, 0.5) is 5.69 Å². The van der Waals surface area contributed by atoms with Gasteiger partial charge in [0.2, 0.25) is 5.91 Å². The molecule has 2 rings (SSSR count). The van der Waals surface area contributed by atoms with Crippen molar-refractivity contribution in [3.63, 3.8) is 0 Å². The van der Waals surface area contributed by atoms with Crippen molar-refractivity contribution in [2.75, 3.05) is 18.4 Å². The molecule has 1 unspecified atom stereocenters. The van der Waals surface area contributed by atoms with Crippen LogP contribution in [0.15, 0.2) is 18.2 Å². The Hall–Kier alpha value is -1.88. The molecular formula is C16H22N2O3. The second-order valence-electron chi connectivity index (χ2n) is 5.77.